The fourth-order valence-electron chi connectivity index (χ4n) is 1.96. The van der Waals surface area contributed by atoms with Crippen LogP contribution in [-0.4, -0.2) is 25.2 Å². The highest BCUT2D eigenvalue weighted by atomic mass is 16.5. The maximum atomic E-state index is 9.95. The summed E-state index contributed by atoms with van der Waals surface area (Å²) in [5.41, 5.74) is 14.7. The molecule has 0 unspecified atom stereocenters. The van der Waals surface area contributed by atoms with E-state index in [1.54, 1.807) is 18.2 Å². The van der Waals surface area contributed by atoms with Crippen molar-refractivity contribution in [2.75, 3.05) is 14.2 Å². The fourth-order valence-corrected chi connectivity index (χ4v) is 1.96. The Hall–Kier alpha value is -3.15. The van der Waals surface area contributed by atoms with Crippen LogP contribution < -0.4 is 20.9 Å². The van der Waals surface area contributed by atoms with Gasteiger partial charge in [0.2, 0.25) is 5.75 Å². The minimum atomic E-state index is -0.0918. The van der Waals surface area contributed by atoms with Crippen molar-refractivity contribution in [2.45, 2.75) is 13.8 Å². The van der Waals surface area contributed by atoms with Crippen molar-refractivity contribution in [2.24, 2.45) is 16.5 Å². The zero-order chi connectivity index (χ0) is 19.0. The van der Waals surface area contributed by atoms with Gasteiger partial charge in [-0.3, -0.25) is 0 Å². The zero-order valence-electron chi connectivity index (χ0n) is 15.0. The van der Waals surface area contributed by atoms with E-state index in [4.69, 9.17) is 20.9 Å². The van der Waals surface area contributed by atoms with Crippen LogP contribution >= 0.6 is 0 Å². The summed E-state index contributed by atoms with van der Waals surface area (Å²) in [6, 6.07) is 3.18. The normalized spacial score (nSPS) is 13.6. The van der Waals surface area contributed by atoms with Gasteiger partial charge >= 0.3 is 0 Å². The molecule has 1 aromatic carbocycles. The predicted octanol–water partition coefficient (Wildman–Crippen LogP) is 3.10. The number of phenolic OH excluding ortho intramolecular Hbond substituents is 1. The van der Waals surface area contributed by atoms with E-state index in [1.165, 1.54) is 20.4 Å². The Morgan fingerprint density at radius 3 is 2.20 bits per heavy atom. The van der Waals surface area contributed by atoms with E-state index in [9.17, 15) is 5.11 Å². The molecule has 0 amide bonds. The number of nitrogens with two attached hydrogens (primary N) is 2. The monoisotopic (exact) mass is 343 g/mol. The van der Waals surface area contributed by atoms with E-state index in [-0.39, 0.29) is 17.2 Å². The Bertz CT molecular complexity index is 734. The van der Waals surface area contributed by atoms with Gasteiger partial charge in [-0.15, -0.1) is 0 Å². The number of rotatable bonds is 7. The molecule has 25 heavy (non-hydrogen) atoms. The van der Waals surface area contributed by atoms with Gasteiger partial charge in [-0.2, -0.15) is 0 Å². The van der Waals surface area contributed by atoms with Crippen molar-refractivity contribution in [3.05, 3.63) is 59.8 Å². The first-order valence-corrected chi connectivity index (χ1v) is 7.59. The van der Waals surface area contributed by atoms with E-state index in [1.807, 2.05) is 26.0 Å². The number of hydrogen-bond acceptors (Lipinski definition) is 5. The molecule has 0 spiro atoms. The van der Waals surface area contributed by atoms with Gasteiger partial charge in [-0.05, 0) is 32.1 Å². The Morgan fingerprint density at radius 2 is 1.76 bits per heavy atom. The number of benzene rings is 1. The Labute approximate surface area is 148 Å². The van der Waals surface area contributed by atoms with Crippen LogP contribution in [0.25, 0.3) is 5.70 Å². The molecule has 0 bridgehead atoms. The van der Waals surface area contributed by atoms with Gasteiger partial charge < -0.3 is 26.0 Å². The highest BCUT2D eigenvalue weighted by Crippen LogP contribution is 2.38. The molecular formula is C19H25N3O3. The van der Waals surface area contributed by atoms with Crippen molar-refractivity contribution in [1.29, 1.82) is 0 Å². The molecular weight excluding hydrogens is 318 g/mol. The van der Waals surface area contributed by atoms with Gasteiger partial charge in [0.25, 0.3) is 0 Å². The molecule has 6 nitrogen and oxygen atoms in total. The molecule has 0 radical (unpaired) electrons. The van der Waals surface area contributed by atoms with Gasteiger partial charge in [0, 0.05) is 11.1 Å². The molecule has 1 rings (SSSR count). The first kappa shape index (κ1) is 19.9. The van der Waals surface area contributed by atoms with Crippen LogP contribution in [-0.2, 0) is 0 Å². The number of amidine groups is 1. The minimum Gasteiger partial charge on any atom is -0.502 e. The van der Waals surface area contributed by atoms with Gasteiger partial charge in [0.05, 0.1) is 26.1 Å². The number of aromatic hydroxyl groups is 1. The van der Waals surface area contributed by atoms with Crippen molar-refractivity contribution in [1.82, 2.24) is 0 Å². The van der Waals surface area contributed by atoms with Crippen LogP contribution in [0.3, 0.4) is 0 Å². The maximum absolute atomic E-state index is 9.95. The molecule has 0 aliphatic heterocycles. The lowest BCUT2D eigenvalue weighted by molar-refractivity contribution is 0.339. The van der Waals surface area contributed by atoms with E-state index in [0.717, 1.165) is 11.1 Å². The van der Waals surface area contributed by atoms with Crippen molar-refractivity contribution < 1.29 is 14.6 Å². The number of allylic oxidation sites excluding steroid dienone is 3. The van der Waals surface area contributed by atoms with Gasteiger partial charge in [-0.1, -0.05) is 24.3 Å². The summed E-state index contributed by atoms with van der Waals surface area (Å²) in [4.78, 5) is 4.21. The molecule has 0 aliphatic rings. The summed E-state index contributed by atoms with van der Waals surface area (Å²) in [7, 11) is 2.89. The molecule has 0 fully saturated rings. The summed E-state index contributed by atoms with van der Waals surface area (Å²) >= 11 is 0. The maximum Gasteiger partial charge on any atom is 0.200 e. The van der Waals surface area contributed by atoms with E-state index in [0.29, 0.717) is 17.1 Å². The summed E-state index contributed by atoms with van der Waals surface area (Å²) < 4.78 is 10.2. The minimum absolute atomic E-state index is 0.0918. The van der Waals surface area contributed by atoms with E-state index in [2.05, 4.69) is 11.6 Å². The average molecular weight is 343 g/mol. The second kappa shape index (κ2) is 9.22. The molecule has 0 saturated carbocycles. The Morgan fingerprint density at radius 1 is 1.20 bits per heavy atom. The van der Waals surface area contributed by atoms with Crippen molar-refractivity contribution >= 4 is 11.5 Å². The predicted molar refractivity (Wildman–Crippen MR) is 103 cm³/mol. The van der Waals surface area contributed by atoms with E-state index >= 15 is 0 Å². The second-order valence-electron chi connectivity index (χ2n) is 5.16. The highest BCUT2D eigenvalue weighted by molar-refractivity contribution is 6.00. The third kappa shape index (κ3) is 5.17. The second-order valence-corrected chi connectivity index (χ2v) is 5.16. The first-order chi connectivity index (χ1) is 11.9. The number of methoxy groups -OCH3 is 2. The number of ether oxygens (including phenoxy) is 2. The lowest BCUT2D eigenvalue weighted by Gasteiger charge is -2.11. The smallest absolute Gasteiger partial charge is 0.200 e. The molecule has 5 N–H and O–H groups in total. The SMILES string of the molecule is C=C\C(C)=C/C(=C\C)C(/N)=N/C=C(\N)c1cc(OC)c(O)c(OC)c1. The lowest BCUT2D eigenvalue weighted by atomic mass is 10.1. The number of phenols is 1. The Kier molecular flexibility index (Phi) is 7.34. The molecule has 0 atom stereocenters. The molecule has 0 aromatic heterocycles. The molecule has 0 heterocycles. The number of hydrogen-bond donors (Lipinski definition) is 3. The number of aliphatic imine (C=N–C) groups is 1. The summed E-state index contributed by atoms with van der Waals surface area (Å²) in [6.45, 7) is 7.50. The molecule has 1 aromatic rings. The first-order valence-electron chi connectivity index (χ1n) is 7.59. The third-order valence-corrected chi connectivity index (χ3v) is 3.47. The Balaban J connectivity index is 3.22. The van der Waals surface area contributed by atoms with E-state index < -0.39 is 0 Å². The van der Waals surface area contributed by atoms with Crippen LogP contribution in [0, 0.1) is 0 Å². The molecule has 6 heteroatoms. The van der Waals surface area contributed by atoms with Crippen LogP contribution in [0.1, 0.15) is 19.4 Å². The molecule has 0 aliphatic carbocycles. The van der Waals surface area contributed by atoms with Crippen LogP contribution in [0.5, 0.6) is 17.2 Å². The van der Waals surface area contributed by atoms with Crippen molar-refractivity contribution in [3.8, 4) is 17.2 Å². The zero-order valence-corrected chi connectivity index (χ0v) is 15.0. The molecule has 134 valence electrons. The average Bonchev–Trinajstić information content (AvgIpc) is 2.63. The van der Waals surface area contributed by atoms with Crippen LogP contribution in [0.4, 0.5) is 0 Å². The molecule has 0 saturated heterocycles. The van der Waals surface area contributed by atoms with Gasteiger partial charge in [0.15, 0.2) is 11.5 Å². The standard InChI is InChI=1S/C19H25N3O3/c1-6-12(3)8-13(7-2)19(21)22-11-15(20)14-9-16(24-4)18(23)17(10-14)25-5/h6-11,23H,1,20H2,2-5H3,(H2,21,22)/b12-8-,13-7+,15-11-. The largest absolute Gasteiger partial charge is 0.502 e. The van der Waals surface area contributed by atoms with Crippen molar-refractivity contribution in [3.63, 3.8) is 0 Å². The van der Waals surface area contributed by atoms with Crippen LogP contribution in [0.2, 0.25) is 0 Å². The highest BCUT2D eigenvalue weighted by Gasteiger charge is 2.12. The summed E-state index contributed by atoms with van der Waals surface area (Å²) in [6.07, 6.45) is 6.90. The fraction of sp³-hybridized carbons (Fsp3) is 0.211. The summed E-state index contributed by atoms with van der Waals surface area (Å²) in [5.74, 6) is 0.734. The topological polar surface area (TPSA) is 103 Å². The lowest BCUT2D eigenvalue weighted by Crippen LogP contribution is -2.13. The van der Waals surface area contributed by atoms with Gasteiger partial charge in [-0.25, -0.2) is 4.99 Å². The summed E-state index contributed by atoms with van der Waals surface area (Å²) in [5, 5.41) is 9.95. The number of nitrogens with zero attached hydrogens (tertiary/aromatic N) is 1. The third-order valence-electron chi connectivity index (χ3n) is 3.47. The van der Waals surface area contributed by atoms with Gasteiger partial charge in [0.1, 0.15) is 5.84 Å². The quantitative estimate of drug-likeness (QED) is 0.401. The van der Waals surface area contributed by atoms with Crippen LogP contribution in [0.15, 0.2) is 59.3 Å².